The number of likely N-dealkylation sites (tertiary alicyclic amines) is 2. The number of amides is 6. The lowest BCUT2D eigenvalue weighted by molar-refractivity contribution is -0.146. The molecule has 16 heteroatoms. The number of nitrogens with two attached hydrogens (primary N) is 2. The van der Waals surface area contributed by atoms with Gasteiger partial charge in [0.25, 0.3) is 0 Å². The topological polar surface area (TPSA) is 207 Å². The Labute approximate surface area is 367 Å². The summed E-state index contributed by atoms with van der Waals surface area (Å²) in [7, 11) is 2.46. The molecule has 3 aliphatic rings. The van der Waals surface area contributed by atoms with E-state index in [1.807, 2.05) is 100 Å². The van der Waals surface area contributed by atoms with Gasteiger partial charge in [-0.2, -0.15) is 0 Å². The number of alkyl carbamates (subject to hydrolysis) is 2. The monoisotopic (exact) mass is 871 g/mol. The molecule has 15 nitrogen and oxygen atoms in total. The highest BCUT2D eigenvalue weighted by atomic mass is 35.5. The Morgan fingerprint density at radius 3 is 1.32 bits per heavy atom. The van der Waals surface area contributed by atoms with Gasteiger partial charge in [0, 0.05) is 23.8 Å². The van der Waals surface area contributed by atoms with Gasteiger partial charge in [0.1, 0.15) is 23.2 Å². The third-order valence-corrected chi connectivity index (χ3v) is 13.2. The molecular formula is C46H58ClN7O8. The number of nitrogens with zero attached hydrogens (tertiary/aromatic N) is 3. The summed E-state index contributed by atoms with van der Waals surface area (Å²) in [5.74, 6) is -2.69. The SMILES string of the molecule is COC(=O)N[C@H](C(=O)N1CCC[C@@]1(C(N)=O)c1ccc([C@@H]2CC[C@@H](c3ccc([C@]4(C(N)=O)CCCN4C(=O)[C@@H](NC(=O)OC)C(C)C)cc3)N2c2ccc(Cl)cc2)cc1)C(C)C. The van der Waals surface area contributed by atoms with Crippen molar-refractivity contribution in [3.05, 3.63) is 100 Å². The van der Waals surface area contributed by atoms with Crippen LogP contribution in [0.25, 0.3) is 0 Å². The summed E-state index contributed by atoms with van der Waals surface area (Å²) in [6.07, 6.45) is 1.82. The van der Waals surface area contributed by atoms with Crippen LogP contribution in [-0.4, -0.2) is 85.0 Å². The number of hydrogen-bond acceptors (Lipinski definition) is 9. The predicted octanol–water partition coefficient (Wildman–Crippen LogP) is 5.79. The fourth-order valence-electron chi connectivity index (χ4n) is 9.77. The van der Waals surface area contributed by atoms with Crippen LogP contribution in [0.1, 0.15) is 101 Å². The predicted molar refractivity (Wildman–Crippen MR) is 234 cm³/mol. The van der Waals surface area contributed by atoms with Crippen LogP contribution in [0.2, 0.25) is 5.02 Å². The van der Waals surface area contributed by atoms with Gasteiger partial charge in [-0.25, -0.2) is 9.59 Å². The van der Waals surface area contributed by atoms with Gasteiger partial charge in [0.05, 0.1) is 26.3 Å². The number of hydrogen-bond donors (Lipinski definition) is 4. The number of nitrogens with one attached hydrogen (secondary N) is 2. The van der Waals surface area contributed by atoms with Crippen molar-refractivity contribution in [3.8, 4) is 0 Å². The average molecular weight is 872 g/mol. The molecular weight excluding hydrogens is 814 g/mol. The maximum absolute atomic E-state index is 14.1. The van der Waals surface area contributed by atoms with Crippen molar-refractivity contribution in [2.24, 2.45) is 23.3 Å². The summed E-state index contributed by atoms with van der Waals surface area (Å²) < 4.78 is 9.56. The molecule has 6 rings (SSSR count). The van der Waals surface area contributed by atoms with Crippen molar-refractivity contribution >= 4 is 53.1 Å². The van der Waals surface area contributed by atoms with Gasteiger partial charge >= 0.3 is 12.2 Å². The number of ether oxygens (including phenoxy) is 2. The number of primary amides is 2. The number of methoxy groups -OCH3 is 2. The van der Waals surface area contributed by atoms with E-state index in [9.17, 15) is 28.8 Å². The van der Waals surface area contributed by atoms with Crippen LogP contribution in [-0.2, 0) is 39.7 Å². The van der Waals surface area contributed by atoms with Crippen LogP contribution < -0.4 is 27.0 Å². The summed E-state index contributed by atoms with van der Waals surface area (Å²) >= 11 is 6.36. The van der Waals surface area contributed by atoms with Crippen molar-refractivity contribution in [1.29, 1.82) is 0 Å². The van der Waals surface area contributed by atoms with Crippen LogP contribution >= 0.6 is 11.6 Å². The maximum Gasteiger partial charge on any atom is 0.407 e. The molecule has 0 aromatic heterocycles. The Morgan fingerprint density at radius 1 is 0.629 bits per heavy atom. The van der Waals surface area contributed by atoms with Crippen LogP contribution in [0.15, 0.2) is 72.8 Å². The zero-order chi connectivity index (χ0) is 45.1. The molecule has 6 amide bonds. The Bertz CT molecular complexity index is 2020. The van der Waals surface area contributed by atoms with Gasteiger partial charge in [-0.15, -0.1) is 0 Å². The highest BCUT2D eigenvalue weighted by Gasteiger charge is 2.53. The van der Waals surface area contributed by atoms with E-state index in [0.717, 1.165) is 29.7 Å². The fraction of sp³-hybridized carbons (Fsp3) is 0.478. The van der Waals surface area contributed by atoms with E-state index < -0.39 is 59.0 Å². The summed E-state index contributed by atoms with van der Waals surface area (Å²) in [6.45, 7) is 7.83. The molecule has 0 saturated carbocycles. The summed E-state index contributed by atoms with van der Waals surface area (Å²) in [5, 5.41) is 5.86. The van der Waals surface area contributed by atoms with Gasteiger partial charge in [0.15, 0.2) is 0 Å². The summed E-state index contributed by atoms with van der Waals surface area (Å²) in [5.41, 5.74) is 13.6. The second-order valence-electron chi connectivity index (χ2n) is 17.1. The van der Waals surface area contributed by atoms with Crippen molar-refractivity contribution in [2.45, 2.75) is 101 Å². The molecule has 0 aliphatic carbocycles. The molecule has 62 heavy (non-hydrogen) atoms. The van der Waals surface area contributed by atoms with Crippen LogP contribution in [0.4, 0.5) is 15.3 Å². The van der Waals surface area contributed by atoms with Crippen LogP contribution in [0, 0.1) is 11.8 Å². The third kappa shape index (κ3) is 8.38. The molecule has 6 N–H and O–H groups in total. The zero-order valence-electron chi connectivity index (χ0n) is 36.2. The van der Waals surface area contributed by atoms with Crippen molar-refractivity contribution in [3.63, 3.8) is 0 Å². The molecule has 3 aromatic carbocycles. The first kappa shape index (κ1) is 45.7. The second-order valence-corrected chi connectivity index (χ2v) is 17.5. The van der Waals surface area contributed by atoms with E-state index in [4.69, 9.17) is 32.5 Å². The normalized spacial score (nSPS) is 23.3. The van der Waals surface area contributed by atoms with E-state index in [1.165, 1.54) is 24.0 Å². The molecule has 0 radical (unpaired) electrons. The van der Waals surface area contributed by atoms with E-state index in [1.54, 1.807) is 0 Å². The van der Waals surface area contributed by atoms with E-state index in [2.05, 4.69) is 15.5 Å². The third-order valence-electron chi connectivity index (χ3n) is 12.9. The quantitative estimate of drug-likeness (QED) is 0.164. The lowest BCUT2D eigenvalue weighted by Gasteiger charge is -2.39. The first-order chi connectivity index (χ1) is 29.5. The molecule has 3 aliphatic heterocycles. The molecule has 3 fully saturated rings. The van der Waals surface area contributed by atoms with Gasteiger partial charge in [0.2, 0.25) is 23.6 Å². The van der Waals surface area contributed by atoms with Gasteiger partial charge < -0.3 is 46.3 Å². The number of benzene rings is 3. The molecule has 3 saturated heterocycles. The van der Waals surface area contributed by atoms with Crippen molar-refractivity contribution in [2.75, 3.05) is 32.2 Å². The Hall–Kier alpha value is -5.83. The smallest absolute Gasteiger partial charge is 0.407 e. The molecule has 0 spiro atoms. The summed E-state index contributed by atoms with van der Waals surface area (Å²) in [4.78, 5) is 84.8. The minimum Gasteiger partial charge on any atom is -0.453 e. The van der Waals surface area contributed by atoms with Crippen molar-refractivity contribution in [1.82, 2.24) is 20.4 Å². The number of carbonyl (C=O) groups is 6. The van der Waals surface area contributed by atoms with E-state index in [0.29, 0.717) is 54.9 Å². The van der Waals surface area contributed by atoms with E-state index >= 15 is 0 Å². The molecule has 332 valence electrons. The Balaban J connectivity index is 1.32. The Kier molecular flexibility index (Phi) is 13.7. The lowest BCUT2D eigenvalue weighted by atomic mass is 9.84. The molecule has 0 unspecified atom stereocenters. The standard InChI is InChI=1S/C46H58ClN7O8/c1-27(2)37(50-43(59)61-5)39(55)52-25-7-23-45(52,41(48)57)31-13-9-29(10-14-31)35-21-22-36(54(35)34-19-17-33(47)18-20-34)30-11-15-32(16-12-30)46(42(49)58)24-8-26-53(46)40(56)38(28(3)4)51-44(60)62-6/h9-20,27-28,35-38H,7-8,21-26H2,1-6H3,(H2,48,57)(H2,49,58)(H,50,59)(H,51,60)/t35-,36-,37-,38-,45-,46-/m0/s1. The number of carbonyl (C=O) groups excluding carboxylic acids is 6. The largest absolute Gasteiger partial charge is 0.453 e. The zero-order valence-corrected chi connectivity index (χ0v) is 36.9. The van der Waals surface area contributed by atoms with Gasteiger partial charge in [-0.05, 0) is 96.9 Å². The molecule has 6 atom stereocenters. The molecule has 0 bridgehead atoms. The highest BCUT2D eigenvalue weighted by molar-refractivity contribution is 6.30. The van der Waals surface area contributed by atoms with Gasteiger partial charge in [-0.3, -0.25) is 19.2 Å². The van der Waals surface area contributed by atoms with E-state index in [-0.39, 0.29) is 23.9 Å². The van der Waals surface area contributed by atoms with Crippen molar-refractivity contribution < 1.29 is 38.2 Å². The molecule has 3 aromatic rings. The highest BCUT2D eigenvalue weighted by Crippen LogP contribution is 2.49. The lowest BCUT2D eigenvalue weighted by Crippen LogP contribution is -2.59. The number of rotatable bonds is 13. The average Bonchev–Trinajstić information content (AvgIpc) is 4.03. The number of anilines is 1. The maximum atomic E-state index is 14.1. The van der Waals surface area contributed by atoms with Crippen LogP contribution in [0.5, 0.6) is 0 Å². The number of halogens is 1. The van der Waals surface area contributed by atoms with Gasteiger partial charge in [-0.1, -0.05) is 87.8 Å². The minimum absolute atomic E-state index is 0.106. The minimum atomic E-state index is -1.41. The summed E-state index contributed by atoms with van der Waals surface area (Å²) in [6, 6.07) is 21.0. The first-order valence-electron chi connectivity index (χ1n) is 21.2. The second kappa shape index (κ2) is 18.6. The first-order valence-corrected chi connectivity index (χ1v) is 21.6. The Morgan fingerprint density at radius 2 is 1.00 bits per heavy atom. The van der Waals surface area contributed by atoms with Crippen LogP contribution in [0.3, 0.4) is 0 Å². The fourth-order valence-corrected chi connectivity index (χ4v) is 9.89. The molecule has 3 heterocycles.